The van der Waals surface area contributed by atoms with Crippen molar-refractivity contribution in [2.45, 2.75) is 0 Å². The summed E-state index contributed by atoms with van der Waals surface area (Å²) in [5, 5.41) is 13.7. The molecule has 0 fully saturated rings. The summed E-state index contributed by atoms with van der Waals surface area (Å²) >= 11 is 0. The van der Waals surface area contributed by atoms with Crippen molar-refractivity contribution < 1.29 is 0 Å². The van der Waals surface area contributed by atoms with Crippen LogP contribution in [0.25, 0.3) is 71.9 Å². The second-order valence-electron chi connectivity index (χ2n) is 10.5. The zero-order valence-corrected chi connectivity index (χ0v) is 23.0. The van der Waals surface area contributed by atoms with E-state index < -0.39 is 0 Å². The average molecular weight is 550 g/mol. The molecule has 0 N–H and O–H groups in total. The van der Waals surface area contributed by atoms with Crippen molar-refractivity contribution in [2.75, 3.05) is 0 Å². The largest absolute Gasteiger partial charge is 0.308 e. The summed E-state index contributed by atoms with van der Waals surface area (Å²) in [6.07, 6.45) is 7.57. The Labute approximate surface area is 248 Å². The highest BCUT2D eigenvalue weighted by atomic mass is 15.0. The molecule has 0 amide bonds. The van der Waals surface area contributed by atoms with Crippen LogP contribution in [0.1, 0.15) is 5.56 Å². The highest BCUT2D eigenvalue weighted by Crippen LogP contribution is 2.32. The van der Waals surface area contributed by atoms with E-state index in [0.717, 1.165) is 61.1 Å². The van der Waals surface area contributed by atoms with E-state index in [9.17, 15) is 0 Å². The van der Waals surface area contributed by atoms with Crippen LogP contribution in [-0.2, 0) is 0 Å². The van der Waals surface area contributed by atoms with Gasteiger partial charge in [-0.25, -0.2) is 0 Å². The Kier molecular flexibility index (Phi) is 5.77. The number of para-hydroxylation sites is 1. The fourth-order valence-corrected chi connectivity index (χ4v) is 5.83. The number of hydrogen-bond acceptors (Lipinski definition) is 4. The maximum atomic E-state index is 9.16. The van der Waals surface area contributed by atoms with E-state index in [1.807, 2.05) is 61.2 Å². The summed E-state index contributed by atoms with van der Waals surface area (Å²) in [7, 11) is 0. The van der Waals surface area contributed by atoms with Gasteiger partial charge in [0.05, 0.1) is 40.3 Å². The molecule has 0 spiro atoms. The predicted molar refractivity (Wildman–Crippen MR) is 173 cm³/mol. The first-order chi connectivity index (χ1) is 21.2. The van der Waals surface area contributed by atoms with Gasteiger partial charge < -0.3 is 4.57 Å². The maximum Gasteiger partial charge on any atom is 0.0991 e. The molecular formula is C38H23N5. The van der Waals surface area contributed by atoms with Crippen molar-refractivity contribution >= 4 is 32.6 Å². The Hall–Kier alpha value is -6.12. The highest BCUT2D eigenvalue weighted by Gasteiger charge is 2.12. The minimum atomic E-state index is 0.666. The topological polar surface area (TPSA) is 67.4 Å². The molecule has 0 saturated heterocycles. The van der Waals surface area contributed by atoms with E-state index in [1.165, 1.54) is 10.8 Å². The summed E-state index contributed by atoms with van der Waals surface area (Å²) in [6.45, 7) is 0. The number of pyridine rings is 3. The van der Waals surface area contributed by atoms with Gasteiger partial charge in [0.25, 0.3) is 0 Å². The number of benzene rings is 4. The van der Waals surface area contributed by atoms with Crippen LogP contribution in [0.4, 0.5) is 0 Å². The third kappa shape index (κ3) is 4.30. The van der Waals surface area contributed by atoms with Crippen LogP contribution in [0, 0.1) is 11.3 Å². The Morgan fingerprint density at radius 1 is 0.535 bits per heavy atom. The SMILES string of the molecule is N#Cc1ccc2cc(-c3ccc(-c4ccc(-c5ccc(-n6c7ccccc7c7ccncc76)cc5)cn4)nc3)ccc2c1. The third-order valence-corrected chi connectivity index (χ3v) is 8.03. The van der Waals surface area contributed by atoms with Gasteiger partial charge in [0.2, 0.25) is 0 Å². The maximum absolute atomic E-state index is 9.16. The molecule has 0 saturated carbocycles. The van der Waals surface area contributed by atoms with Crippen LogP contribution in [0.2, 0.25) is 0 Å². The average Bonchev–Trinajstić information content (AvgIpc) is 3.42. The lowest BCUT2D eigenvalue weighted by atomic mass is 10.0. The van der Waals surface area contributed by atoms with Crippen molar-refractivity contribution in [2.24, 2.45) is 0 Å². The van der Waals surface area contributed by atoms with E-state index >= 15 is 0 Å². The standard InChI is InChI=1S/C38H23N5/c39-21-25-5-6-28-20-29(8-7-27(28)19-25)31-12-16-36(42-23-31)35-15-11-30(22-41-35)26-9-13-32(14-10-26)43-37-4-2-1-3-33(37)34-17-18-40-24-38(34)43/h1-20,22-24H. The van der Waals surface area contributed by atoms with E-state index in [4.69, 9.17) is 15.2 Å². The Morgan fingerprint density at radius 3 is 1.93 bits per heavy atom. The van der Waals surface area contributed by atoms with E-state index in [1.54, 1.807) is 0 Å². The van der Waals surface area contributed by atoms with E-state index in [-0.39, 0.29) is 0 Å². The number of rotatable bonds is 4. The molecule has 0 bridgehead atoms. The summed E-state index contributed by atoms with van der Waals surface area (Å²) in [4.78, 5) is 13.8. The molecule has 5 heteroatoms. The van der Waals surface area contributed by atoms with Gasteiger partial charge in [0.15, 0.2) is 0 Å². The van der Waals surface area contributed by atoms with Gasteiger partial charge in [-0.15, -0.1) is 0 Å². The zero-order chi connectivity index (χ0) is 28.8. The van der Waals surface area contributed by atoms with E-state index in [0.29, 0.717) is 5.56 Å². The summed E-state index contributed by atoms with van der Waals surface area (Å²) in [5.41, 5.74) is 9.93. The molecule has 0 radical (unpaired) electrons. The molecule has 0 aliphatic carbocycles. The van der Waals surface area contributed by atoms with Gasteiger partial charge in [0.1, 0.15) is 0 Å². The van der Waals surface area contributed by atoms with Crippen molar-refractivity contribution in [3.05, 3.63) is 146 Å². The molecule has 0 atom stereocenters. The Balaban J connectivity index is 1.05. The number of aromatic nitrogens is 4. The molecule has 0 aliphatic rings. The molecule has 4 aromatic carbocycles. The highest BCUT2D eigenvalue weighted by molar-refractivity contribution is 6.08. The summed E-state index contributed by atoms with van der Waals surface area (Å²) in [5.74, 6) is 0. The lowest BCUT2D eigenvalue weighted by molar-refractivity contribution is 1.17. The number of fused-ring (bicyclic) bond motifs is 4. The Morgan fingerprint density at radius 2 is 1.19 bits per heavy atom. The second-order valence-corrected chi connectivity index (χ2v) is 10.5. The molecule has 8 aromatic rings. The zero-order valence-electron chi connectivity index (χ0n) is 23.0. The molecule has 5 nitrogen and oxygen atoms in total. The van der Waals surface area contributed by atoms with Gasteiger partial charge in [-0.3, -0.25) is 15.0 Å². The molecule has 4 aromatic heterocycles. The molecule has 0 unspecified atom stereocenters. The van der Waals surface area contributed by atoms with Crippen LogP contribution in [0.5, 0.6) is 0 Å². The van der Waals surface area contributed by atoms with Gasteiger partial charge in [-0.05, 0) is 76.5 Å². The summed E-state index contributed by atoms with van der Waals surface area (Å²) in [6, 6.07) is 41.5. The number of hydrogen-bond donors (Lipinski definition) is 0. The Bertz CT molecular complexity index is 2270. The minimum Gasteiger partial charge on any atom is -0.308 e. The first-order valence-electron chi connectivity index (χ1n) is 14.1. The summed E-state index contributed by atoms with van der Waals surface area (Å²) < 4.78 is 2.26. The van der Waals surface area contributed by atoms with Crippen molar-refractivity contribution in [3.8, 4) is 45.4 Å². The molecule has 0 aliphatic heterocycles. The smallest absolute Gasteiger partial charge is 0.0991 e. The van der Waals surface area contributed by atoms with Crippen LogP contribution in [0.3, 0.4) is 0 Å². The minimum absolute atomic E-state index is 0.666. The predicted octanol–water partition coefficient (Wildman–Crippen LogP) is 8.99. The van der Waals surface area contributed by atoms with Crippen LogP contribution < -0.4 is 0 Å². The molecule has 200 valence electrons. The fourth-order valence-electron chi connectivity index (χ4n) is 5.83. The molecule has 43 heavy (non-hydrogen) atoms. The van der Waals surface area contributed by atoms with Crippen LogP contribution in [0.15, 0.2) is 140 Å². The van der Waals surface area contributed by atoms with Gasteiger partial charge >= 0.3 is 0 Å². The lowest BCUT2D eigenvalue weighted by Crippen LogP contribution is -1.94. The van der Waals surface area contributed by atoms with Gasteiger partial charge in [-0.2, -0.15) is 5.26 Å². The first kappa shape index (κ1) is 24.7. The molecule has 4 heterocycles. The number of nitrogens with zero attached hydrogens (tertiary/aromatic N) is 5. The van der Waals surface area contributed by atoms with Crippen molar-refractivity contribution in [3.63, 3.8) is 0 Å². The first-order valence-corrected chi connectivity index (χ1v) is 14.1. The van der Waals surface area contributed by atoms with Crippen LogP contribution >= 0.6 is 0 Å². The van der Waals surface area contributed by atoms with Crippen molar-refractivity contribution in [1.29, 1.82) is 5.26 Å². The fraction of sp³-hybridized carbons (Fsp3) is 0. The van der Waals surface area contributed by atoms with Gasteiger partial charge in [-0.1, -0.05) is 60.7 Å². The number of nitriles is 1. The molecular weight excluding hydrogens is 526 g/mol. The quantitative estimate of drug-likeness (QED) is 0.220. The van der Waals surface area contributed by atoms with Crippen molar-refractivity contribution in [1.82, 2.24) is 19.5 Å². The monoisotopic (exact) mass is 549 g/mol. The lowest BCUT2D eigenvalue weighted by Gasteiger charge is -2.09. The van der Waals surface area contributed by atoms with Crippen LogP contribution in [-0.4, -0.2) is 19.5 Å². The molecule has 8 rings (SSSR count). The third-order valence-electron chi connectivity index (χ3n) is 8.03. The second kappa shape index (κ2) is 10.1. The normalized spacial score (nSPS) is 11.2. The van der Waals surface area contributed by atoms with Gasteiger partial charge in [0, 0.05) is 46.2 Å². The van der Waals surface area contributed by atoms with E-state index in [2.05, 4.69) is 94.5 Å².